The summed E-state index contributed by atoms with van der Waals surface area (Å²) in [6, 6.07) is 8.31. The molecule has 2 atom stereocenters. The van der Waals surface area contributed by atoms with Gasteiger partial charge in [0.05, 0.1) is 6.42 Å². The van der Waals surface area contributed by atoms with E-state index in [-0.39, 0.29) is 11.9 Å². The average Bonchev–Trinajstić information content (AvgIpc) is 2.41. The summed E-state index contributed by atoms with van der Waals surface area (Å²) in [5, 5.41) is 0. The second kappa shape index (κ2) is 6.20. The molecule has 0 aromatic heterocycles. The van der Waals surface area contributed by atoms with Crippen molar-refractivity contribution in [1.82, 2.24) is 4.90 Å². The van der Waals surface area contributed by atoms with Gasteiger partial charge in [0.2, 0.25) is 5.91 Å². The van der Waals surface area contributed by atoms with E-state index in [0.29, 0.717) is 18.9 Å². The number of rotatable bonds is 3. The maximum Gasteiger partial charge on any atom is 0.227 e. The van der Waals surface area contributed by atoms with Gasteiger partial charge in [-0.2, -0.15) is 0 Å². The minimum absolute atomic E-state index is 0.213. The third-order valence-corrected chi connectivity index (χ3v) is 4.28. The van der Waals surface area contributed by atoms with E-state index in [1.54, 1.807) is 0 Å². The zero-order valence-corrected chi connectivity index (χ0v) is 11.9. The SMILES string of the molecule is Cc1ccccc1CC(=O)N1CCC[C@@H](C)[C@H]1CN. The van der Waals surface area contributed by atoms with Crippen LogP contribution in [-0.2, 0) is 11.2 Å². The van der Waals surface area contributed by atoms with Crippen molar-refractivity contribution in [1.29, 1.82) is 0 Å². The molecule has 0 spiro atoms. The highest BCUT2D eigenvalue weighted by molar-refractivity contribution is 5.79. The molecule has 0 unspecified atom stereocenters. The van der Waals surface area contributed by atoms with Gasteiger partial charge in [-0.15, -0.1) is 0 Å². The summed E-state index contributed by atoms with van der Waals surface area (Å²) >= 11 is 0. The molecular formula is C16H24N2O. The molecule has 3 heteroatoms. The van der Waals surface area contributed by atoms with Crippen LogP contribution < -0.4 is 5.73 Å². The fourth-order valence-electron chi connectivity index (χ4n) is 2.99. The first kappa shape index (κ1) is 14.1. The van der Waals surface area contributed by atoms with Gasteiger partial charge in [0.15, 0.2) is 0 Å². The highest BCUT2D eigenvalue weighted by Crippen LogP contribution is 2.23. The number of aryl methyl sites for hydroxylation is 1. The zero-order valence-electron chi connectivity index (χ0n) is 11.9. The Morgan fingerprint density at radius 3 is 2.84 bits per heavy atom. The van der Waals surface area contributed by atoms with Crippen molar-refractivity contribution < 1.29 is 4.79 Å². The van der Waals surface area contributed by atoms with Crippen LogP contribution in [0.1, 0.15) is 30.9 Å². The summed E-state index contributed by atoms with van der Waals surface area (Å²) in [4.78, 5) is 14.5. The molecule has 1 fully saturated rings. The van der Waals surface area contributed by atoms with Gasteiger partial charge in [-0.1, -0.05) is 31.2 Å². The van der Waals surface area contributed by atoms with Crippen LogP contribution in [0.2, 0.25) is 0 Å². The van der Waals surface area contributed by atoms with E-state index in [0.717, 1.165) is 18.5 Å². The lowest BCUT2D eigenvalue weighted by Gasteiger charge is -2.39. The van der Waals surface area contributed by atoms with Gasteiger partial charge in [0.25, 0.3) is 0 Å². The van der Waals surface area contributed by atoms with Crippen LogP contribution in [0.15, 0.2) is 24.3 Å². The molecule has 2 N–H and O–H groups in total. The monoisotopic (exact) mass is 260 g/mol. The van der Waals surface area contributed by atoms with Crippen molar-refractivity contribution in [2.45, 2.75) is 39.2 Å². The second-order valence-electron chi connectivity index (χ2n) is 5.61. The van der Waals surface area contributed by atoms with Crippen LogP contribution in [0, 0.1) is 12.8 Å². The standard InChI is InChI=1S/C16H24N2O/c1-12-6-3-4-8-14(12)10-16(19)18-9-5-7-13(2)15(18)11-17/h3-4,6,8,13,15H,5,7,9-11,17H2,1-2H3/t13-,15-/m1/s1. The van der Waals surface area contributed by atoms with Gasteiger partial charge >= 0.3 is 0 Å². The Bertz CT molecular complexity index is 444. The van der Waals surface area contributed by atoms with Gasteiger partial charge < -0.3 is 10.6 Å². The lowest BCUT2D eigenvalue weighted by atomic mass is 9.90. The van der Waals surface area contributed by atoms with Gasteiger partial charge in [0.1, 0.15) is 0 Å². The van der Waals surface area contributed by atoms with Crippen LogP contribution in [-0.4, -0.2) is 29.9 Å². The molecule has 3 nitrogen and oxygen atoms in total. The van der Waals surface area contributed by atoms with Crippen LogP contribution in [0.4, 0.5) is 0 Å². The normalized spacial score (nSPS) is 23.4. The highest BCUT2D eigenvalue weighted by Gasteiger charge is 2.30. The maximum absolute atomic E-state index is 12.5. The minimum Gasteiger partial charge on any atom is -0.338 e. The molecule has 104 valence electrons. The number of benzene rings is 1. The van der Waals surface area contributed by atoms with Crippen LogP contribution in [0.25, 0.3) is 0 Å². The summed E-state index contributed by atoms with van der Waals surface area (Å²) in [6.07, 6.45) is 2.77. The highest BCUT2D eigenvalue weighted by atomic mass is 16.2. The third kappa shape index (κ3) is 3.16. The molecule has 0 aliphatic carbocycles. The van der Waals surface area contributed by atoms with Crippen molar-refractivity contribution in [3.05, 3.63) is 35.4 Å². The molecule has 1 aromatic rings. The molecule has 2 rings (SSSR count). The van der Waals surface area contributed by atoms with Gasteiger partial charge in [-0.05, 0) is 36.8 Å². The molecule has 1 heterocycles. The van der Waals surface area contributed by atoms with E-state index in [4.69, 9.17) is 5.73 Å². The molecule has 1 aliphatic rings. The third-order valence-electron chi connectivity index (χ3n) is 4.28. The number of likely N-dealkylation sites (tertiary alicyclic amines) is 1. The Hall–Kier alpha value is -1.35. The van der Waals surface area contributed by atoms with Crippen LogP contribution in [0.5, 0.6) is 0 Å². The van der Waals surface area contributed by atoms with E-state index >= 15 is 0 Å². The molecule has 0 saturated carbocycles. The van der Waals surface area contributed by atoms with Crippen LogP contribution in [0.3, 0.4) is 0 Å². The molecule has 0 bridgehead atoms. The number of carbonyl (C=O) groups is 1. The summed E-state index contributed by atoms with van der Waals surface area (Å²) in [5.41, 5.74) is 8.16. The van der Waals surface area contributed by atoms with Crippen molar-refractivity contribution in [3.8, 4) is 0 Å². The number of nitrogens with two attached hydrogens (primary N) is 1. The number of carbonyl (C=O) groups excluding carboxylic acids is 1. The first-order valence-electron chi connectivity index (χ1n) is 7.17. The maximum atomic E-state index is 12.5. The minimum atomic E-state index is 0.213. The number of nitrogens with zero attached hydrogens (tertiary/aromatic N) is 1. The molecule has 1 amide bonds. The first-order chi connectivity index (χ1) is 9.13. The predicted molar refractivity (Wildman–Crippen MR) is 77.8 cm³/mol. The molecule has 1 aromatic carbocycles. The van der Waals surface area contributed by atoms with Crippen LogP contribution >= 0.6 is 0 Å². The smallest absolute Gasteiger partial charge is 0.227 e. The van der Waals surface area contributed by atoms with E-state index in [2.05, 4.69) is 19.9 Å². The first-order valence-corrected chi connectivity index (χ1v) is 7.17. The van der Waals surface area contributed by atoms with Crippen molar-refractivity contribution in [2.24, 2.45) is 11.7 Å². The number of hydrogen-bond donors (Lipinski definition) is 1. The molecular weight excluding hydrogens is 236 g/mol. The quantitative estimate of drug-likeness (QED) is 0.905. The van der Waals surface area contributed by atoms with E-state index in [1.165, 1.54) is 12.0 Å². The Morgan fingerprint density at radius 1 is 1.42 bits per heavy atom. The summed E-state index contributed by atoms with van der Waals surface area (Å²) in [6.45, 7) is 5.68. The Balaban J connectivity index is 2.08. The van der Waals surface area contributed by atoms with Gasteiger partial charge in [0, 0.05) is 19.1 Å². The van der Waals surface area contributed by atoms with E-state index in [1.807, 2.05) is 23.1 Å². The van der Waals surface area contributed by atoms with Crippen molar-refractivity contribution in [2.75, 3.05) is 13.1 Å². The molecule has 0 radical (unpaired) electrons. The van der Waals surface area contributed by atoms with Crippen molar-refractivity contribution in [3.63, 3.8) is 0 Å². The zero-order chi connectivity index (χ0) is 13.8. The molecule has 1 saturated heterocycles. The van der Waals surface area contributed by atoms with E-state index in [9.17, 15) is 4.79 Å². The topological polar surface area (TPSA) is 46.3 Å². The Morgan fingerprint density at radius 2 is 2.16 bits per heavy atom. The largest absolute Gasteiger partial charge is 0.338 e. The van der Waals surface area contributed by atoms with Crippen molar-refractivity contribution >= 4 is 5.91 Å². The van der Waals surface area contributed by atoms with Gasteiger partial charge in [-0.25, -0.2) is 0 Å². The Kier molecular flexibility index (Phi) is 4.59. The number of piperidine rings is 1. The second-order valence-corrected chi connectivity index (χ2v) is 5.61. The fraction of sp³-hybridized carbons (Fsp3) is 0.562. The van der Waals surface area contributed by atoms with E-state index < -0.39 is 0 Å². The summed E-state index contributed by atoms with van der Waals surface area (Å²) in [7, 11) is 0. The predicted octanol–water partition coefficient (Wildman–Crippen LogP) is 2.12. The number of hydrogen-bond acceptors (Lipinski definition) is 2. The molecule has 19 heavy (non-hydrogen) atoms. The summed E-state index contributed by atoms with van der Waals surface area (Å²) in [5.74, 6) is 0.732. The summed E-state index contributed by atoms with van der Waals surface area (Å²) < 4.78 is 0. The van der Waals surface area contributed by atoms with Gasteiger partial charge in [-0.3, -0.25) is 4.79 Å². The lowest BCUT2D eigenvalue weighted by molar-refractivity contribution is -0.135. The number of amides is 1. The molecule has 1 aliphatic heterocycles. The lowest BCUT2D eigenvalue weighted by Crippen LogP contribution is -2.51. The Labute approximate surface area is 115 Å². The average molecular weight is 260 g/mol. The fourth-order valence-corrected chi connectivity index (χ4v) is 2.99.